The fourth-order valence-corrected chi connectivity index (χ4v) is 5.00. The zero-order chi connectivity index (χ0) is 21.2. The molecular formula is C24H32N6O. The van der Waals surface area contributed by atoms with Gasteiger partial charge < -0.3 is 20.0 Å². The van der Waals surface area contributed by atoms with Crippen molar-refractivity contribution in [2.24, 2.45) is 0 Å². The molecule has 31 heavy (non-hydrogen) atoms. The van der Waals surface area contributed by atoms with Crippen molar-refractivity contribution < 1.29 is 4.79 Å². The first kappa shape index (κ1) is 20.1. The summed E-state index contributed by atoms with van der Waals surface area (Å²) in [6.07, 6.45) is 5.49. The van der Waals surface area contributed by atoms with Crippen LogP contribution >= 0.6 is 0 Å². The Morgan fingerprint density at radius 3 is 2.55 bits per heavy atom. The Morgan fingerprint density at radius 1 is 0.935 bits per heavy atom. The second-order valence-corrected chi connectivity index (χ2v) is 8.77. The molecule has 7 heteroatoms. The number of nitrogens with zero attached hydrogens (tertiary/aromatic N) is 5. The molecule has 1 aromatic carbocycles. The molecule has 1 aromatic heterocycles. The minimum absolute atomic E-state index is 0.00876. The Morgan fingerprint density at radius 2 is 1.74 bits per heavy atom. The number of piperidine rings is 1. The Kier molecular flexibility index (Phi) is 5.66. The van der Waals surface area contributed by atoms with E-state index in [4.69, 9.17) is 9.97 Å². The number of benzene rings is 1. The maximum Gasteiger partial charge on any atom is 0.317 e. The third kappa shape index (κ3) is 4.05. The Balaban J connectivity index is 1.48. The molecule has 0 saturated carbocycles. The van der Waals surface area contributed by atoms with Crippen molar-refractivity contribution in [2.45, 2.75) is 52.1 Å². The highest BCUT2D eigenvalue weighted by Gasteiger charge is 2.29. The van der Waals surface area contributed by atoms with Gasteiger partial charge in [0.25, 0.3) is 0 Å². The summed E-state index contributed by atoms with van der Waals surface area (Å²) in [6, 6.07) is 8.70. The first-order valence-corrected chi connectivity index (χ1v) is 11.7. The maximum absolute atomic E-state index is 12.5. The summed E-state index contributed by atoms with van der Waals surface area (Å²) >= 11 is 0. The molecule has 0 bridgehead atoms. The average molecular weight is 421 g/mol. The van der Waals surface area contributed by atoms with Gasteiger partial charge in [-0.05, 0) is 43.7 Å². The topological polar surface area (TPSA) is 64.6 Å². The molecule has 0 spiro atoms. The fourth-order valence-electron chi connectivity index (χ4n) is 5.00. The van der Waals surface area contributed by atoms with Crippen LogP contribution < -0.4 is 15.1 Å². The van der Waals surface area contributed by atoms with E-state index in [-0.39, 0.29) is 6.03 Å². The van der Waals surface area contributed by atoms with E-state index in [0.717, 1.165) is 62.0 Å². The van der Waals surface area contributed by atoms with Crippen molar-refractivity contribution in [2.75, 3.05) is 42.5 Å². The van der Waals surface area contributed by atoms with Crippen molar-refractivity contribution in [3.8, 4) is 0 Å². The van der Waals surface area contributed by atoms with Gasteiger partial charge in [-0.1, -0.05) is 24.3 Å². The number of anilines is 2. The summed E-state index contributed by atoms with van der Waals surface area (Å²) in [5.41, 5.74) is 5.06. The number of rotatable bonds is 3. The van der Waals surface area contributed by atoms with Gasteiger partial charge in [-0.25, -0.2) is 9.78 Å². The lowest BCUT2D eigenvalue weighted by molar-refractivity contribution is 0.192. The summed E-state index contributed by atoms with van der Waals surface area (Å²) in [7, 11) is 0. The molecule has 0 atom stereocenters. The number of aromatic nitrogens is 2. The second-order valence-electron chi connectivity index (χ2n) is 8.77. The van der Waals surface area contributed by atoms with Crippen molar-refractivity contribution >= 4 is 17.8 Å². The SMILES string of the molecule is CCNC(=O)N1CCc2nc(N3CCc4ccccc4C3)nc(N3CCCCC3)c2C1. The summed E-state index contributed by atoms with van der Waals surface area (Å²) in [4.78, 5) is 29.3. The molecule has 0 radical (unpaired) electrons. The third-order valence-corrected chi connectivity index (χ3v) is 6.71. The molecule has 7 nitrogen and oxygen atoms in total. The predicted molar refractivity (Wildman–Crippen MR) is 122 cm³/mol. The van der Waals surface area contributed by atoms with E-state index < -0.39 is 0 Å². The van der Waals surface area contributed by atoms with E-state index in [0.29, 0.717) is 19.6 Å². The summed E-state index contributed by atoms with van der Waals surface area (Å²) in [5.74, 6) is 1.90. The quantitative estimate of drug-likeness (QED) is 0.827. The van der Waals surface area contributed by atoms with Gasteiger partial charge in [0.2, 0.25) is 5.95 Å². The lowest BCUT2D eigenvalue weighted by Gasteiger charge is -2.36. The zero-order valence-electron chi connectivity index (χ0n) is 18.4. The van der Waals surface area contributed by atoms with Crippen LogP contribution in [0, 0.1) is 0 Å². The fraction of sp³-hybridized carbons (Fsp3) is 0.542. The van der Waals surface area contributed by atoms with Gasteiger partial charge in [-0.2, -0.15) is 4.98 Å². The predicted octanol–water partition coefficient (Wildman–Crippen LogP) is 3.12. The Labute approximate surface area is 184 Å². The van der Waals surface area contributed by atoms with Crippen LogP contribution in [0.2, 0.25) is 0 Å². The van der Waals surface area contributed by atoms with Crippen molar-refractivity contribution in [3.05, 3.63) is 46.6 Å². The monoisotopic (exact) mass is 420 g/mol. The van der Waals surface area contributed by atoms with Gasteiger partial charge in [-0.15, -0.1) is 0 Å². The number of fused-ring (bicyclic) bond motifs is 2. The van der Waals surface area contributed by atoms with Gasteiger partial charge in [0.1, 0.15) is 5.82 Å². The number of hydrogen-bond acceptors (Lipinski definition) is 5. The first-order chi connectivity index (χ1) is 15.2. The normalized spacial score (nSPS) is 18.4. The van der Waals surface area contributed by atoms with Crippen LogP contribution in [0.1, 0.15) is 48.6 Å². The van der Waals surface area contributed by atoms with Crippen molar-refractivity contribution in [1.29, 1.82) is 0 Å². The number of urea groups is 1. The minimum atomic E-state index is 0.00876. The van der Waals surface area contributed by atoms with Gasteiger partial charge in [0, 0.05) is 51.3 Å². The van der Waals surface area contributed by atoms with Gasteiger partial charge in [0.15, 0.2) is 0 Å². The molecule has 0 aliphatic carbocycles. The highest BCUT2D eigenvalue weighted by Crippen LogP contribution is 2.32. The lowest BCUT2D eigenvalue weighted by Crippen LogP contribution is -2.44. The van der Waals surface area contributed by atoms with Gasteiger partial charge in [0.05, 0.1) is 12.2 Å². The number of carbonyl (C=O) groups excluding carboxylic acids is 1. The largest absolute Gasteiger partial charge is 0.356 e. The molecule has 5 rings (SSSR count). The van der Waals surface area contributed by atoms with E-state index in [9.17, 15) is 4.79 Å². The molecule has 2 amide bonds. The summed E-state index contributed by atoms with van der Waals surface area (Å²) in [5, 5.41) is 2.94. The van der Waals surface area contributed by atoms with Crippen LogP contribution in [-0.4, -0.2) is 53.6 Å². The summed E-state index contributed by atoms with van der Waals surface area (Å²) < 4.78 is 0. The third-order valence-electron chi connectivity index (χ3n) is 6.71. The second kappa shape index (κ2) is 8.73. The van der Waals surface area contributed by atoms with E-state index in [2.05, 4.69) is 39.4 Å². The highest BCUT2D eigenvalue weighted by molar-refractivity contribution is 5.75. The standard InChI is InChI=1S/C24H32N6O/c1-2-25-24(31)30-15-11-21-20(17-30)22(28-12-6-3-7-13-28)27-23(26-21)29-14-10-18-8-4-5-9-19(18)16-29/h4-5,8-9H,2-3,6-7,10-17H2,1H3,(H,25,31). The van der Waals surface area contributed by atoms with E-state index in [1.165, 1.54) is 30.4 Å². The average Bonchev–Trinajstić information content (AvgIpc) is 2.83. The molecule has 1 N–H and O–H groups in total. The van der Waals surface area contributed by atoms with Crippen LogP contribution in [0.4, 0.5) is 16.6 Å². The van der Waals surface area contributed by atoms with Crippen LogP contribution in [0.15, 0.2) is 24.3 Å². The van der Waals surface area contributed by atoms with Crippen LogP contribution in [0.25, 0.3) is 0 Å². The Bertz CT molecular complexity index is 955. The maximum atomic E-state index is 12.5. The molecule has 4 heterocycles. The number of nitrogens with one attached hydrogen (secondary N) is 1. The molecule has 1 saturated heterocycles. The Hall–Kier alpha value is -2.83. The van der Waals surface area contributed by atoms with Crippen LogP contribution in [0.3, 0.4) is 0 Å². The van der Waals surface area contributed by atoms with Crippen molar-refractivity contribution in [3.63, 3.8) is 0 Å². The molecule has 3 aliphatic heterocycles. The molecule has 3 aliphatic rings. The minimum Gasteiger partial charge on any atom is -0.356 e. The molecule has 2 aromatic rings. The van der Waals surface area contributed by atoms with Crippen LogP contribution in [-0.2, 0) is 25.9 Å². The highest BCUT2D eigenvalue weighted by atomic mass is 16.2. The van der Waals surface area contributed by atoms with Gasteiger partial charge >= 0.3 is 6.03 Å². The molecule has 0 unspecified atom stereocenters. The molecule has 1 fully saturated rings. The lowest BCUT2D eigenvalue weighted by atomic mass is 10.00. The molecule has 164 valence electrons. The molecular weight excluding hydrogens is 388 g/mol. The van der Waals surface area contributed by atoms with Crippen molar-refractivity contribution in [1.82, 2.24) is 20.2 Å². The van der Waals surface area contributed by atoms with E-state index in [1.54, 1.807) is 0 Å². The first-order valence-electron chi connectivity index (χ1n) is 11.7. The number of hydrogen-bond donors (Lipinski definition) is 1. The van der Waals surface area contributed by atoms with E-state index >= 15 is 0 Å². The number of amides is 2. The van der Waals surface area contributed by atoms with Gasteiger partial charge in [-0.3, -0.25) is 0 Å². The van der Waals surface area contributed by atoms with E-state index in [1.807, 2.05) is 11.8 Å². The smallest absolute Gasteiger partial charge is 0.317 e. The zero-order valence-corrected chi connectivity index (χ0v) is 18.4. The number of carbonyl (C=O) groups is 1. The summed E-state index contributed by atoms with van der Waals surface area (Å²) in [6.45, 7) is 7.78. The van der Waals surface area contributed by atoms with Crippen LogP contribution in [0.5, 0.6) is 0 Å².